The summed E-state index contributed by atoms with van der Waals surface area (Å²) in [6.45, 7) is 3.13. The molecule has 1 rings (SSSR count). The van der Waals surface area contributed by atoms with Crippen LogP contribution in [0.2, 0.25) is 5.02 Å². The summed E-state index contributed by atoms with van der Waals surface area (Å²) < 4.78 is 0.889. The minimum absolute atomic E-state index is 0. The van der Waals surface area contributed by atoms with Crippen LogP contribution in [0.5, 0.6) is 0 Å². The Morgan fingerprint density at radius 2 is 2.24 bits per heavy atom. The van der Waals surface area contributed by atoms with Gasteiger partial charge in [0.05, 0.1) is 5.56 Å². The number of nitrogens with two attached hydrogens (primary N) is 1. The van der Waals surface area contributed by atoms with Gasteiger partial charge < -0.3 is 11.1 Å². The van der Waals surface area contributed by atoms with Crippen molar-refractivity contribution in [3.05, 3.63) is 32.4 Å². The Bertz CT molecular complexity index is 388. The summed E-state index contributed by atoms with van der Waals surface area (Å²) in [7, 11) is 0. The van der Waals surface area contributed by atoms with Crippen LogP contribution in [0, 0.1) is 9.49 Å². The predicted octanol–water partition coefficient (Wildman–Crippen LogP) is 2.69. The van der Waals surface area contributed by atoms with Crippen LogP contribution in [0.4, 0.5) is 0 Å². The second-order valence-electron chi connectivity index (χ2n) is 3.68. The summed E-state index contributed by atoms with van der Waals surface area (Å²) in [4.78, 5) is 11.8. The molecule has 0 aromatic heterocycles. The van der Waals surface area contributed by atoms with Crippen molar-refractivity contribution >= 4 is 52.5 Å². The van der Waals surface area contributed by atoms with Gasteiger partial charge in [0.25, 0.3) is 5.91 Å². The van der Waals surface area contributed by atoms with E-state index < -0.39 is 0 Å². The van der Waals surface area contributed by atoms with E-state index in [-0.39, 0.29) is 24.2 Å². The molecule has 0 aliphatic heterocycles. The second-order valence-corrected chi connectivity index (χ2v) is 5.27. The van der Waals surface area contributed by atoms with Crippen molar-refractivity contribution in [3.63, 3.8) is 0 Å². The molecule has 1 aromatic rings. The van der Waals surface area contributed by atoms with E-state index in [1.54, 1.807) is 12.1 Å². The van der Waals surface area contributed by atoms with Gasteiger partial charge in [0, 0.05) is 15.1 Å². The zero-order chi connectivity index (χ0) is 12.1. The minimum Gasteiger partial charge on any atom is -0.352 e. The van der Waals surface area contributed by atoms with Crippen LogP contribution >= 0.6 is 46.6 Å². The first kappa shape index (κ1) is 17.0. The normalized spacial score (nSPS) is 11.5. The van der Waals surface area contributed by atoms with Crippen molar-refractivity contribution in [2.45, 2.75) is 6.92 Å². The van der Waals surface area contributed by atoms with Crippen molar-refractivity contribution < 1.29 is 4.79 Å². The van der Waals surface area contributed by atoms with Crippen molar-refractivity contribution in [2.75, 3.05) is 13.1 Å². The molecular weight excluding hydrogens is 374 g/mol. The minimum atomic E-state index is -0.104. The molecule has 3 N–H and O–H groups in total. The van der Waals surface area contributed by atoms with Gasteiger partial charge in [-0.1, -0.05) is 18.5 Å². The fourth-order valence-corrected chi connectivity index (χ4v) is 1.87. The molecule has 1 unspecified atom stereocenters. The average molecular weight is 389 g/mol. The zero-order valence-corrected chi connectivity index (χ0v) is 13.1. The highest BCUT2D eigenvalue weighted by Crippen LogP contribution is 2.17. The lowest BCUT2D eigenvalue weighted by molar-refractivity contribution is 0.0947. The maximum atomic E-state index is 11.8. The second kappa shape index (κ2) is 8.13. The fourth-order valence-electron chi connectivity index (χ4n) is 1.12. The third-order valence-electron chi connectivity index (χ3n) is 2.19. The Morgan fingerprint density at radius 3 is 2.82 bits per heavy atom. The van der Waals surface area contributed by atoms with Gasteiger partial charge in [-0.25, -0.2) is 0 Å². The van der Waals surface area contributed by atoms with Crippen LogP contribution in [-0.2, 0) is 0 Å². The molecule has 0 bridgehead atoms. The predicted molar refractivity (Wildman–Crippen MR) is 82.0 cm³/mol. The summed E-state index contributed by atoms with van der Waals surface area (Å²) in [6.07, 6.45) is 0. The van der Waals surface area contributed by atoms with Crippen LogP contribution in [0.3, 0.4) is 0 Å². The molecule has 1 amide bonds. The van der Waals surface area contributed by atoms with Gasteiger partial charge >= 0.3 is 0 Å². The third-order valence-corrected chi connectivity index (χ3v) is 3.36. The Labute approximate surface area is 126 Å². The lowest BCUT2D eigenvalue weighted by Gasteiger charge is -2.11. The quantitative estimate of drug-likeness (QED) is 0.779. The molecule has 3 nitrogen and oxygen atoms in total. The van der Waals surface area contributed by atoms with E-state index in [4.69, 9.17) is 17.3 Å². The highest BCUT2D eigenvalue weighted by molar-refractivity contribution is 14.1. The topological polar surface area (TPSA) is 55.1 Å². The number of nitrogens with one attached hydrogen (secondary N) is 1. The molecule has 1 atom stereocenters. The average Bonchev–Trinajstić information content (AvgIpc) is 2.28. The SMILES string of the molecule is CC(CN)CNC(=O)c1cc(Cl)ccc1I.Cl. The maximum absolute atomic E-state index is 11.8. The van der Waals surface area contributed by atoms with Crippen LogP contribution in [0.15, 0.2) is 18.2 Å². The van der Waals surface area contributed by atoms with E-state index >= 15 is 0 Å². The first-order valence-corrected chi connectivity index (χ1v) is 6.43. The van der Waals surface area contributed by atoms with E-state index in [9.17, 15) is 4.79 Å². The number of carbonyl (C=O) groups is 1. The molecule has 0 spiro atoms. The standard InChI is InChI=1S/C11H14ClIN2O.ClH/c1-7(5-14)6-15-11(16)9-4-8(12)2-3-10(9)13;/h2-4,7H,5-6,14H2,1H3,(H,15,16);1H. The molecule has 0 saturated carbocycles. The molecule has 0 saturated heterocycles. The van der Waals surface area contributed by atoms with Crippen LogP contribution in [0.1, 0.15) is 17.3 Å². The van der Waals surface area contributed by atoms with Gasteiger partial charge in [0.2, 0.25) is 0 Å². The number of benzene rings is 1. The molecule has 96 valence electrons. The molecule has 0 heterocycles. The van der Waals surface area contributed by atoms with Gasteiger partial charge in [-0.2, -0.15) is 0 Å². The van der Waals surface area contributed by atoms with E-state index in [0.717, 1.165) is 3.57 Å². The molecular formula is C11H15Cl2IN2O. The van der Waals surface area contributed by atoms with Gasteiger partial charge in [-0.05, 0) is 53.3 Å². The molecule has 17 heavy (non-hydrogen) atoms. The summed E-state index contributed by atoms with van der Waals surface area (Å²) in [5.74, 6) is 0.174. The number of amides is 1. The first-order chi connectivity index (χ1) is 7.54. The van der Waals surface area contributed by atoms with Crippen LogP contribution in [0.25, 0.3) is 0 Å². The largest absolute Gasteiger partial charge is 0.352 e. The van der Waals surface area contributed by atoms with Gasteiger partial charge in [0.15, 0.2) is 0 Å². The first-order valence-electron chi connectivity index (χ1n) is 4.98. The Hall–Kier alpha value is -0.0400. The molecule has 0 fully saturated rings. The van der Waals surface area contributed by atoms with E-state index in [0.29, 0.717) is 23.7 Å². The maximum Gasteiger partial charge on any atom is 0.252 e. The number of hydrogen-bond donors (Lipinski definition) is 2. The van der Waals surface area contributed by atoms with Gasteiger partial charge in [0.1, 0.15) is 0 Å². The van der Waals surface area contributed by atoms with Crippen molar-refractivity contribution in [1.82, 2.24) is 5.32 Å². The van der Waals surface area contributed by atoms with Gasteiger partial charge in [-0.15, -0.1) is 12.4 Å². The van der Waals surface area contributed by atoms with E-state index in [1.807, 2.05) is 13.0 Å². The van der Waals surface area contributed by atoms with E-state index in [1.165, 1.54) is 0 Å². The number of halogens is 3. The third kappa shape index (κ3) is 5.42. The van der Waals surface area contributed by atoms with Crippen molar-refractivity contribution in [2.24, 2.45) is 11.7 Å². The van der Waals surface area contributed by atoms with Crippen molar-refractivity contribution in [3.8, 4) is 0 Å². The Balaban J connectivity index is 0.00000256. The molecule has 6 heteroatoms. The summed E-state index contributed by atoms with van der Waals surface area (Å²) >= 11 is 7.96. The van der Waals surface area contributed by atoms with Gasteiger partial charge in [-0.3, -0.25) is 4.79 Å². The van der Waals surface area contributed by atoms with Crippen LogP contribution < -0.4 is 11.1 Å². The molecule has 1 aromatic carbocycles. The number of hydrogen-bond acceptors (Lipinski definition) is 2. The smallest absolute Gasteiger partial charge is 0.252 e. The molecule has 0 aliphatic rings. The molecule has 0 aliphatic carbocycles. The summed E-state index contributed by atoms with van der Waals surface area (Å²) in [5.41, 5.74) is 6.09. The summed E-state index contributed by atoms with van der Waals surface area (Å²) in [5, 5.41) is 3.40. The monoisotopic (exact) mass is 388 g/mol. The Kier molecular flexibility index (Phi) is 8.11. The Morgan fingerprint density at radius 1 is 1.59 bits per heavy atom. The lowest BCUT2D eigenvalue weighted by atomic mass is 10.1. The summed E-state index contributed by atoms with van der Waals surface area (Å²) in [6, 6.07) is 5.26. The highest BCUT2D eigenvalue weighted by Gasteiger charge is 2.11. The van der Waals surface area contributed by atoms with Crippen molar-refractivity contribution in [1.29, 1.82) is 0 Å². The number of carbonyl (C=O) groups excluding carboxylic acids is 1. The number of rotatable bonds is 4. The fraction of sp³-hybridized carbons (Fsp3) is 0.364. The van der Waals surface area contributed by atoms with E-state index in [2.05, 4.69) is 27.9 Å². The highest BCUT2D eigenvalue weighted by atomic mass is 127. The lowest BCUT2D eigenvalue weighted by Crippen LogP contribution is -2.31. The van der Waals surface area contributed by atoms with Crippen LogP contribution in [-0.4, -0.2) is 19.0 Å². The zero-order valence-electron chi connectivity index (χ0n) is 9.37. The molecule has 0 radical (unpaired) electrons.